The summed E-state index contributed by atoms with van der Waals surface area (Å²) in [6, 6.07) is 22.7. The fraction of sp³-hybridized carbons (Fsp3) is 0.182. The van der Waals surface area contributed by atoms with Crippen LogP contribution in [0, 0.1) is 5.92 Å². The second-order valence-electron chi connectivity index (χ2n) is 7.27. The summed E-state index contributed by atoms with van der Waals surface area (Å²) in [6.07, 6.45) is 1.15. The second kappa shape index (κ2) is 6.00. The van der Waals surface area contributed by atoms with Crippen LogP contribution in [0.3, 0.4) is 0 Å². The number of rotatable bonds is 2. The Balaban J connectivity index is 1.81. The highest BCUT2D eigenvalue weighted by Crippen LogP contribution is 2.38. The third-order valence-corrected chi connectivity index (χ3v) is 7.38. The van der Waals surface area contributed by atoms with E-state index in [0.717, 1.165) is 6.42 Å². The van der Waals surface area contributed by atoms with Gasteiger partial charge in [0.1, 0.15) is 0 Å². The Kier molecular flexibility index (Phi) is 3.76. The Morgan fingerprint density at radius 3 is 2.08 bits per heavy atom. The molecule has 0 radical (unpaired) electrons. The number of hydrogen-bond donors (Lipinski definition) is 0. The monoisotopic (exact) mass is 358 g/mol. The first kappa shape index (κ1) is 15.7. The summed E-state index contributed by atoms with van der Waals surface area (Å²) >= 11 is 3.88. The summed E-state index contributed by atoms with van der Waals surface area (Å²) in [4.78, 5) is 5.71. The van der Waals surface area contributed by atoms with Crippen LogP contribution >= 0.6 is 23.5 Å². The molecule has 2 aliphatic rings. The lowest BCUT2D eigenvalue weighted by atomic mass is 9.35. The van der Waals surface area contributed by atoms with Crippen molar-refractivity contribution in [2.75, 3.05) is 0 Å². The molecule has 25 heavy (non-hydrogen) atoms. The molecule has 0 aromatic heterocycles. The Bertz CT molecular complexity index is 963. The van der Waals surface area contributed by atoms with Crippen LogP contribution in [-0.2, 0) is 6.42 Å². The molecule has 0 atom stereocenters. The third kappa shape index (κ3) is 2.48. The largest absolute Gasteiger partial charge is 0.247 e. The summed E-state index contributed by atoms with van der Waals surface area (Å²) in [5.74, 6) is 0.668. The predicted octanol–water partition coefficient (Wildman–Crippen LogP) is 4.33. The van der Waals surface area contributed by atoms with Crippen molar-refractivity contribution in [3.8, 4) is 0 Å². The van der Waals surface area contributed by atoms with Gasteiger partial charge in [0.2, 0.25) is 6.71 Å². The molecule has 0 fully saturated rings. The molecule has 122 valence electrons. The first-order valence-electron chi connectivity index (χ1n) is 8.91. The molecule has 3 heteroatoms. The standard InChI is InChI=1S/C22H19BS2/c1-14(2)13-15-7-5-10-18-21(15)23-16-8-3-4-9-17(16)24-19-11-6-12-20(25-18)22(19)23/h3-12,14H,13H2,1-2H3. The quantitative estimate of drug-likeness (QED) is 0.431. The van der Waals surface area contributed by atoms with E-state index in [0.29, 0.717) is 12.6 Å². The van der Waals surface area contributed by atoms with Crippen molar-refractivity contribution in [3.05, 3.63) is 66.2 Å². The van der Waals surface area contributed by atoms with Gasteiger partial charge < -0.3 is 0 Å². The summed E-state index contributed by atoms with van der Waals surface area (Å²) in [5.41, 5.74) is 6.08. The molecule has 0 aliphatic carbocycles. The van der Waals surface area contributed by atoms with Crippen molar-refractivity contribution in [2.45, 2.75) is 39.9 Å². The van der Waals surface area contributed by atoms with Gasteiger partial charge in [-0.1, -0.05) is 90.3 Å². The fourth-order valence-electron chi connectivity index (χ4n) is 4.11. The van der Waals surface area contributed by atoms with Crippen LogP contribution in [0.15, 0.2) is 80.2 Å². The van der Waals surface area contributed by atoms with Crippen molar-refractivity contribution in [1.29, 1.82) is 0 Å². The summed E-state index contributed by atoms with van der Waals surface area (Å²) in [7, 11) is 0. The molecular formula is C22H19BS2. The van der Waals surface area contributed by atoms with Crippen LogP contribution in [0.4, 0.5) is 0 Å². The lowest BCUT2D eigenvalue weighted by Gasteiger charge is -2.34. The number of fused-ring (bicyclic) bond motifs is 4. The van der Waals surface area contributed by atoms with Crippen molar-refractivity contribution in [3.63, 3.8) is 0 Å². The zero-order valence-electron chi connectivity index (χ0n) is 14.5. The second-order valence-corrected chi connectivity index (χ2v) is 9.44. The Labute approximate surface area is 158 Å². The highest BCUT2D eigenvalue weighted by molar-refractivity contribution is 8.01. The van der Waals surface area contributed by atoms with Gasteiger partial charge in [-0.25, -0.2) is 0 Å². The van der Waals surface area contributed by atoms with Gasteiger partial charge in [-0.2, -0.15) is 0 Å². The van der Waals surface area contributed by atoms with Gasteiger partial charge in [0, 0.05) is 19.6 Å². The normalized spacial score (nSPS) is 14.1. The molecule has 5 rings (SSSR count). The summed E-state index contributed by atoms with van der Waals surface area (Å²) in [6.45, 7) is 5.02. The molecule has 0 nitrogen and oxygen atoms in total. The maximum atomic E-state index is 2.34. The molecule has 3 aromatic rings. The fourth-order valence-corrected chi connectivity index (χ4v) is 6.58. The highest BCUT2D eigenvalue weighted by Gasteiger charge is 2.38. The van der Waals surface area contributed by atoms with Crippen molar-refractivity contribution < 1.29 is 0 Å². The maximum absolute atomic E-state index is 2.34. The van der Waals surface area contributed by atoms with Crippen LogP contribution in [0.2, 0.25) is 0 Å². The number of benzene rings is 3. The van der Waals surface area contributed by atoms with E-state index < -0.39 is 0 Å². The van der Waals surface area contributed by atoms with E-state index in [1.807, 2.05) is 23.5 Å². The lowest BCUT2D eigenvalue weighted by molar-refractivity contribution is 0.648. The molecule has 0 bridgehead atoms. The Hall–Kier alpha value is -1.58. The van der Waals surface area contributed by atoms with E-state index in [4.69, 9.17) is 0 Å². The van der Waals surface area contributed by atoms with E-state index in [1.165, 1.54) is 36.1 Å². The SMILES string of the molecule is CC(C)Cc1cccc2c1B1c3ccccc3Sc3cccc(c31)S2. The first-order valence-corrected chi connectivity index (χ1v) is 10.5. The van der Waals surface area contributed by atoms with E-state index in [2.05, 4.69) is 74.5 Å². The van der Waals surface area contributed by atoms with E-state index in [1.54, 1.807) is 5.46 Å². The van der Waals surface area contributed by atoms with Gasteiger partial charge in [-0.15, -0.1) is 0 Å². The molecule has 0 unspecified atom stereocenters. The van der Waals surface area contributed by atoms with E-state index in [9.17, 15) is 0 Å². The third-order valence-electron chi connectivity index (χ3n) is 5.06. The summed E-state index contributed by atoms with van der Waals surface area (Å²) in [5, 5.41) is 0. The van der Waals surface area contributed by atoms with Crippen LogP contribution in [-0.4, -0.2) is 6.71 Å². The highest BCUT2D eigenvalue weighted by atomic mass is 32.2. The van der Waals surface area contributed by atoms with Gasteiger partial charge in [-0.05, 0) is 42.1 Å². The van der Waals surface area contributed by atoms with Crippen LogP contribution in [0.5, 0.6) is 0 Å². The van der Waals surface area contributed by atoms with Crippen molar-refractivity contribution >= 4 is 46.6 Å². The van der Waals surface area contributed by atoms with Gasteiger partial charge in [0.15, 0.2) is 0 Å². The molecular weight excluding hydrogens is 339 g/mol. The average molecular weight is 358 g/mol. The molecule has 0 N–H and O–H groups in total. The van der Waals surface area contributed by atoms with E-state index >= 15 is 0 Å². The lowest BCUT2D eigenvalue weighted by Crippen LogP contribution is -2.59. The molecule has 3 aromatic carbocycles. The summed E-state index contributed by atoms with van der Waals surface area (Å²) < 4.78 is 0. The van der Waals surface area contributed by atoms with E-state index in [-0.39, 0.29) is 0 Å². The minimum absolute atomic E-state index is 0.384. The molecule has 0 amide bonds. The molecule has 2 aliphatic heterocycles. The van der Waals surface area contributed by atoms with Crippen LogP contribution < -0.4 is 16.4 Å². The molecule has 0 saturated heterocycles. The zero-order valence-corrected chi connectivity index (χ0v) is 16.1. The Morgan fingerprint density at radius 1 is 0.720 bits per heavy atom. The van der Waals surface area contributed by atoms with Crippen molar-refractivity contribution in [2.24, 2.45) is 5.92 Å². The smallest absolute Gasteiger partial charge is 0.0911 e. The van der Waals surface area contributed by atoms with Crippen molar-refractivity contribution in [1.82, 2.24) is 0 Å². The minimum Gasteiger partial charge on any atom is -0.0911 e. The molecule has 2 heterocycles. The minimum atomic E-state index is 0.384. The number of hydrogen-bond acceptors (Lipinski definition) is 2. The molecule has 0 spiro atoms. The maximum Gasteiger partial charge on any atom is 0.247 e. The average Bonchev–Trinajstić information content (AvgIpc) is 2.61. The van der Waals surface area contributed by atoms with Gasteiger partial charge >= 0.3 is 0 Å². The zero-order chi connectivity index (χ0) is 17.0. The van der Waals surface area contributed by atoms with Gasteiger partial charge in [-0.3, -0.25) is 0 Å². The van der Waals surface area contributed by atoms with Gasteiger partial charge in [0.05, 0.1) is 0 Å². The van der Waals surface area contributed by atoms with Gasteiger partial charge in [0.25, 0.3) is 0 Å². The van der Waals surface area contributed by atoms with Crippen LogP contribution in [0.25, 0.3) is 0 Å². The Morgan fingerprint density at radius 2 is 1.32 bits per heavy atom. The predicted molar refractivity (Wildman–Crippen MR) is 111 cm³/mol. The molecule has 0 saturated carbocycles. The van der Waals surface area contributed by atoms with Crippen LogP contribution in [0.1, 0.15) is 19.4 Å². The first-order chi connectivity index (χ1) is 12.2. The topological polar surface area (TPSA) is 0 Å².